The van der Waals surface area contributed by atoms with Gasteiger partial charge in [0.1, 0.15) is 17.0 Å². The molecule has 184 valence electrons. The monoisotopic (exact) mass is 487 g/mol. The van der Waals surface area contributed by atoms with E-state index in [4.69, 9.17) is 4.74 Å². The van der Waals surface area contributed by atoms with E-state index >= 15 is 4.39 Å². The van der Waals surface area contributed by atoms with Crippen LogP contribution < -0.4 is 4.74 Å². The number of amides is 1. The highest BCUT2D eigenvalue weighted by atomic mass is 19.1. The zero-order chi connectivity index (χ0) is 25.3. The van der Waals surface area contributed by atoms with Crippen LogP contribution in [0.15, 0.2) is 24.3 Å². The number of benzene rings is 1. The highest BCUT2D eigenvalue weighted by Gasteiger charge is 2.38. The molecule has 0 N–H and O–H groups in total. The van der Waals surface area contributed by atoms with Crippen molar-refractivity contribution in [3.8, 4) is 5.88 Å². The van der Waals surface area contributed by atoms with Crippen LogP contribution in [0.5, 0.6) is 5.88 Å². The lowest BCUT2D eigenvalue weighted by Crippen LogP contribution is -2.45. The first-order chi connectivity index (χ1) is 16.7. The molecule has 3 aromatic rings. The minimum atomic E-state index is -1.54. The maximum absolute atomic E-state index is 15.4. The standard InChI is InChI=1S/C23H23F2N5O5/c1-29-19-16(15(28-29)18(31)22(33)35-3)26-17(20(27-19)34-2)21(32)30-10-8-23(25,9-11-30)12-13-4-6-14(24)7-5-13/h4-7H,8-12H2,1-3H3. The minimum absolute atomic E-state index is 0.0554. The number of aryl methyl sites for hydroxylation is 1. The Morgan fingerprint density at radius 2 is 1.71 bits per heavy atom. The van der Waals surface area contributed by atoms with Gasteiger partial charge in [-0.2, -0.15) is 10.1 Å². The summed E-state index contributed by atoms with van der Waals surface area (Å²) in [5, 5.41) is 4.00. The van der Waals surface area contributed by atoms with Crippen LogP contribution in [0.3, 0.4) is 0 Å². The summed E-state index contributed by atoms with van der Waals surface area (Å²) in [6, 6.07) is 5.67. The van der Waals surface area contributed by atoms with E-state index in [-0.39, 0.29) is 66.6 Å². The quantitative estimate of drug-likeness (QED) is 0.295. The Bertz CT molecular complexity index is 1300. The molecule has 0 aliphatic carbocycles. The summed E-state index contributed by atoms with van der Waals surface area (Å²) in [6.07, 6.45) is 0.263. The number of aromatic nitrogens is 4. The molecule has 1 saturated heterocycles. The summed E-state index contributed by atoms with van der Waals surface area (Å²) in [5.74, 6) is -3.20. The van der Waals surface area contributed by atoms with Gasteiger partial charge in [-0.1, -0.05) is 12.1 Å². The molecule has 10 nitrogen and oxygen atoms in total. The first kappa shape index (κ1) is 24.2. The number of fused-ring (bicyclic) bond motifs is 1. The molecule has 1 aromatic carbocycles. The van der Waals surface area contributed by atoms with Gasteiger partial charge in [0.15, 0.2) is 17.0 Å². The van der Waals surface area contributed by atoms with E-state index in [1.165, 1.54) is 35.9 Å². The third-order valence-corrected chi connectivity index (χ3v) is 5.99. The second kappa shape index (κ2) is 9.35. The summed E-state index contributed by atoms with van der Waals surface area (Å²) in [7, 11) is 3.87. The van der Waals surface area contributed by atoms with Crippen LogP contribution >= 0.6 is 0 Å². The number of methoxy groups -OCH3 is 2. The number of nitrogens with zero attached hydrogens (tertiary/aromatic N) is 5. The van der Waals surface area contributed by atoms with Crippen LogP contribution in [0.2, 0.25) is 0 Å². The Morgan fingerprint density at radius 1 is 1.06 bits per heavy atom. The van der Waals surface area contributed by atoms with E-state index in [0.717, 1.165) is 7.11 Å². The number of hydrogen-bond donors (Lipinski definition) is 0. The van der Waals surface area contributed by atoms with Crippen molar-refractivity contribution in [1.82, 2.24) is 24.6 Å². The van der Waals surface area contributed by atoms with E-state index in [2.05, 4.69) is 19.8 Å². The molecule has 0 bridgehead atoms. The lowest BCUT2D eigenvalue weighted by molar-refractivity contribution is -0.135. The lowest BCUT2D eigenvalue weighted by Gasteiger charge is -2.36. The zero-order valence-corrected chi connectivity index (χ0v) is 19.4. The maximum atomic E-state index is 15.4. The van der Waals surface area contributed by atoms with Crippen molar-refractivity contribution in [3.05, 3.63) is 47.0 Å². The Hall–Kier alpha value is -3.96. The topological polar surface area (TPSA) is 117 Å². The highest BCUT2D eigenvalue weighted by Crippen LogP contribution is 2.32. The fourth-order valence-corrected chi connectivity index (χ4v) is 4.07. The average molecular weight is 487 g/mol. The van der Waals surface area contributed by atoms with Crippen LogP contribution in [0.4, 0.5) is 8.78 Å². The summed E-state index contributed by atoms with van der Waals surface area (Å²) >= 11 is 0. The second-order valence-electron chi connectivity index (χ2n) is 8.29. The predicted molar refractivity (Wildman–Crippen MR) is 118 cm³/mol. The second-order valence-corrected chi connectivity index (χ2v) is 8.29. The van der Waals surface area contributed by atoms with Gasteiger partial charge in [0.05, 0.1) is 14.2 Å². The van der Waals surface area contributed by atoms with Crippen molar-refractivity contribution in [1.29, 1.82) is 0 Å². The molecular formula is C23H23F2N5O5. The predicted octanol–water partition coefficient (Wildman–Crippen LogP) is 2.05. The van der Waals surface area contributed by atoms with Gasteiger partial charge >= 0.3 is 5.97 Å². The number of esters is 1. The highest BCUT2D eigenvalue weighted by molar-refractivity contribution is 6.42. The number of piperidine rings is 1. The van der Waals surface area contributed by atoms with Gasteiger partial charge in [0, 0.05) is 26.6 Å². The molecule has 3 heterocycles. The molecule has 0 radical (unpaired) electrons. The van der Waals surface area contributed by atoms with Crippen LogP contribution in [0.1, 0.15) is 39.4 Å². The number of rotatable bonds is 6. The van der Waals surface area contributed by atoms with Crippen LogP contribution in [0.25, 0.3) is 11.2 Å². The van der Waals surface area contributed by atoms with Crippen molar-refractivity contribution in [3.63, 3.8) is 0 Å². The number of Topliss-reactive ketones (excluding diaryl/α,β-unsaturated/α-hetero) is 1. The Balaban J connectivity index is 1.58. The number of likely N-dealkylation sites (tertiary alicyclic amines) is 1. The summed E-state index contributed by atoms with van der Waals surface area (Å²) < 4.78 is 39.5. The van der Waals surface area contributed by atoms with Gasteiger partial charge in [-0.3, -0.25) is 9.59 Å². The summed E-state index contributed by atoms with van der Waals surface area (Å²) in [6.45, 7) is 0.223. The maximum Gasteiger partial charge on any atom is 0.381 e. The third kappa shape index (κ3) is 4.68. The van der Waals surface area contributed by atoms with Crippen LogP contribution in [-0.4, -0.2) is 75.3 Å². The molecule has 12 heteroatoms. The fraction of sp³-hybridized carbons (Fsp3) is 0.391. The molecule has 2 aromatic heterocycles. The van der Waals surface area contributed by atoms with E-state index in [9.17, 15) is 18.8 Å². The van der Waals surface area contributed by atoms with Gasteiger partial charge < -0.3 is 14.4 Å². The molecule has 1 aliphatic rings. The summed E-state index contributed by atoms with van der Waals surface area (Å²) in [5.41, 5.74) is -1.29. The van der Waals surface area contributed by atoms with E-state index in [1.54, 1.807) is 12.1 Å². The molecule has 0 unspecified atom stereocenters. The van der Waals surface area contributed by atoms with Gasteiger partial charge in [0.25, 0.3) is 11.7 Å². The van der Waals surface area contributed by atoms with Gasteiger partial charge in [-0.25, -0.2) is 23.2 Å². The van der Waals surface area contributed by atoms with Gasteiger partial charge in [-0.05, 0) is 30.5 Å². The summed E-state index contributed by atoms with van der Waals surface area (Å²) in [4.78, 5) is 47.3. The third-order valence-electron chi connectivity index (χ3n) is 5.99. The number of ether oxygens (including phenoxy) is 2. The average Bonchev–Trinajstić information content (AvgIpc) is 3.18. The first-order valence-electron chi connectivity index (χ1n) is 10.8. The van der Waals surface area contributed by atoms with E-state index in [0.29, 0.717) is 5.56 Å². The zero-order valence-electron chi connectivity index (χ0n) is 19.4. The Labute approximate surface area is 198 Å². The van der Waals surface area contributed by atoms with Crippen molar-refractivity contribution in [2.75, 3.05) is 27.3 Å². The van der Waals surface area contributed by atoms with Gasteiger partial charge in [-0.15, -0.1) is 0 Å². The molecule has 35 heavy (non-hydrogen) atoms. The molecule has 1 fully saturated rings. The molecule has 0 saturated carbocycles. The smallest absolute Gasteiger partial charge is 0.381 e. The molecule has 4 rings (SSSR count). The van der Waals surface area contributed by atoms with E-state index < -0.39 is 23.3 Å². The van der Waals surface area contributed by atoms with Crippen molar-refractivity contribution in [2.45, 2.75) is 24.9 Å². The van der Waals surface area contributed by atoms with Gasteiger partial charge in [0.2, 0.25) is 5.88 Å². The van der Waals surface area contributed by atoms with Crippen molar-refractivity contribution < 1.29 is 32.6 Å². The molecular weight excluding hydrogens is 464 g/mol. The number of ketones is 1. The number of carbonyl (C=O) groups is 3. The van der Waals surface area contributed by atoms with Crippen LogP contribution in [-0.2, 0) is 23.0 Å². The molecule has 1 aliphatic heterocycles. The molecule has 1 amide bonds. The molecule has 0 atom stereocenters. The Morgan fingerprint density at radius 3 is 2.31 bits per heavy atom. The lowest BCUT2D eigenvalue weighted by atomic mass is 9.87. The number of halogens is 2. The SMILES string of the molecule is COC(=O)C(=O)c1nn(C)c2nc(OC)c(C(=O)N3CCC(F)(Cc4ccc(F)cc4)CC3)nc12. The number of carbonyl (C=O) groups excluding carboxylic acids is 3. The first-order valence-corrected chi connectivity index (χ1v) is 10.8. The van der Waals surface area contributed by atoms with E-state index in [1.807, 2.05) is 0 Å². The Kier molecular flexibility index (Phi) is 6.46. The normalized spacial score (nSPS) is 15.2. The number of alkyl halides is 1. The number of hydrogen-bond acceptors (Lipinski definition) is 8. The van der Waals surface area contributed by atoms with Crippen LogP contribution in [0, 0.1) is 5.82 Å². The molecule has 0 spiro atoms. The minimum Gasteiger partial charge on any atom is -0.479 e. The van der Waals surface area contributed by atoms with Crippen molar-refractivity contribution in [2.24, 2.45) is 7.05 Å². The fourth-order valence-electron chi connectivity index (χ4n) is 4.07. The van der Waals surface area contributed by atoms with Crippen molar-refractivity contribution >= 4 is 28.8 Å². The largest absolute Gasteiger partial charge is 0.479 e.